The molecule has 12 saturated carbocycles. The average molecular weight is 965 g/mol. The van der Waals surface area contributed by atoms with Crippen molar-refractivity contribution in [3.05, 3.63) is 99.2 Å². The lowest BCUT2D eigenvalue weighted by molar-refractivity contribution is -0.0209. The summed E-state index contributed by atoms with van der Waals surface area (Å²) in [6, 6.07) is 21.9. The molecule has 13 aliphatic carbocycles. The van der Waals surface area contributed by atoms with Gasteiger partial charge in [-0.2, -0.15) is 0 Å². The molecule has 0 radical (unpaired) electrons. The van der Waals surface area contributed by atoms with Crippen molar-refractivity contribution in [3.63, 3.8) is 0 Å². The van der Waals surface area contributed by atoms with Crippen LogP contribution in [0.4, 0.5) is 0 Å². The minimum atomic E-state index is 0. The quantitative estimate of drug-likeness (QED) is 0.112. The van der Waals surface area contributed by atoms with Crippen LogP contribution in [0.5, 0.6) is 5.75 Å². The van der Waals surface area contributed by atoms with Crippen molar-refractivity contribution in [2.45, 2.75) is 188 Å². The molecule has 4 N–H and O–H groups in total. The van der Waals surface area contributed by atoms with Gasteiger partial charge in [0, 0.05) is 39.3 Å². The number of aromatic nitrogens is 2. The summed E-state index contributed by atoms with van der Waals surface area (Å²) in [5.74, 6) is 11.2. The van der Waals surface area contributed by atoms with Crippen LogP contribution in [0, 0.1) is 67.1 Å². The highest BCUT2D eigenvalue weighted by atomic mass is 32.1. The van der Waals surface area contributed by atoms with Crippen molar-refractivity contribution in [2.75, 3.05) is 13.7 Å². The molecule has 0 amide bonds. The molecule has 0 atom stereocenters. The van der Waals surface area contributed by atoms with Crippen LogP contribution >= 0.6 is 11.3 Å². The molecular formula is C63H89N5OS. The first-order valence-electron chi connectivity index (χ1n) is 27.1. The molecule has 13 aliphatic rings. The Morgan fingerprint density at radius 1 is 0.586 bits per heavy atom. The molecule has 0 unspecified atom stereocenters. The molecule has 378 valence electrons. The molecule has 70 heavy (non-hydrogen) atoms. The molecule has 2 heterocycles. The average Bonchev–Trinajstić information content (AvgIpc) is 4.04. The number of H-pyrrole nitrogens is 1. The standard InChI is InChI=1S/C21H27NO.C20H25NS.C19H25N3.3CH4/c1-23-20-3-2-18-7-17(8-19(18)9-20)13-22-21-10-14-4-15(11-21)6-16(5-14)12-21;1-13-3-2-4-17-8-18(22-19(13)17)12-21-20-9-14-5-15(10-20)7-16(6-14)11-20;1-12-3-2-4-16-18(12)22-17(21-16)11-20-19-8-13-5-14(9-19)7-15(6-13)10-19;;;/h2-3,8-9,14-16,22H,4-7,10-13H2,1H3;2-4,8,14-16,21H,5-7,9-12H2,1H3;2-4,13-15,20H,5-11H2,1H3,(H,21,22);3*1H4. The third kappa shape index (κ3) is 9.85. The third-order valence-corrected chi connectivity index (χ3v) is 21.0. The highest BCUT2D eigenvalue weighted by Gasteiger charge is 2.53. The number of hydrogen-bond acceptors (Lipinski definition) is 6. The van der Waals surface area contributed by atoms with E-state index in [1.54, 1.807) is 12.7 Å². The SMILES string of the molecule is C.C.C.COc1ccc2c(c1)C=C(CNC13CC4CC(CC(C4)C1)C3)C2.Cc1cccc2[nH]c(CNC34CC5CC(CC(C5)C3)C4)nc12.Cc1cccc2cc(CNC34CC5CC(CC(C5)C3)C4)sc12. The lowest BCUT2D eigenvalue weighted by atomic mass is 9.53. The summed E-state index contributed by atoms with van der Waals surface area (Å²) >= 11 is 1.99. The lowest BCUT2D eigenvalue weighted by Crippen LogP contribution is -2.58. The fourth-order valence-electron chi connectivity index (χ4n) is 18.1. The molecular weight excluding hydrogens is 875 g/mol. The molecule has 12 fully saturated rings. The molecule has 6 nitrogen and oxygen atoms in total. The molecule has 3 aromatic carbocycles. The molecule has 7 heteroatoms. The van der Waals surface area contributed by atoms with Crippen LogP contribution in [-0.2, 0) is 19.5 Å². The summed E-state index contributed by atoms with van der Waals surface area (Å²) in [5.41, 5.74) is 10.7. The highest BCUT2D eigenvalue weighted by Crippen LogP contribution is 2.58. The maximum absolute atomic E-state index is 5.35. The predicted molar refractivity (Wildman–Crippen MR) is 297 cm³/mol. The Kier molecular flexibility index (Phi) is 14.1. The van der Waals surface area contributed by atoms with Gasteiger partial charge in [0.25, 0.3) is 0 Å². The van der Waals surface area contributed by atoms with E-state index in [0.29, 0.717) is 16.6 Å². The molecule has 0 spiro atoms. The van der Waals surface area contributed by atoms with Crippen molar-refractivity contribution in [1.29, 1.82) is 0 Å². The van der Waals surface area contributed by atoms with E-state index in [1.165, 1.54) is 158 Å². The van der Waals surface area contributed by atoms with Gasteiger partial charge < -0.3 is 25.7 Å². The molecule has 0 aliphatic heterocycles. The first-order valence-corrected chi connectivity index (χ1v) is 27.9. The van der Waals surface area contributed by atoms with E-state index < -0.39 is 0 Å². The van der Waals surface area contributed by atoms with Crippen molar-refractivity contribution in [2.24, 2.45) is 53.3 Å². The normalized spacial score (nSPS) is 35.0. The zero-order valence-corrected chi connectivity index (χ0v) is 41.7. The molecule has 18 rings (SSSR count). The van der Waals surface area contributed by atoms with Gasteiger partial charge in [-0.05, 0) is 241 Å². The third-order valence-electron chi connectivity index (χ3n) is 19.8. The Morgan fingerprint density at radius 3 is 1.57 bits per heavy atom. The fraction of sp³-hybridized carbons (Fsp3) is 0.635. The van der Waals surface area contributed by atoms with E-state index in [9.17, 15) is 0 Å². The van der Waals surface area contributed by atoms with Gasteiger partial charge in [-0.1, -0.05) is 70.3 Å². The van der Waals surface area contributed by atoms with E-state index in [0.717, 1.165) is 96.4 Å². The first kappa shape index (κ1) is 50.1. The number of aromatic amines is 1. The van der Waals surface area contributed by atoms with E-state index in [4.69, 9.17) is 9.72 Å². The molecule has 5 aromatic rings. The van der Waals surface area contributed by atoms with Crippen LogP contribution in [0.1, 0.15) is 171 Å². The number of thiophene rings is 1. The predicted octanol–water partition coefficient (Wildman–Crippen LogP) is 15.3. The van der Waals surface area contributed by atoms with E-state index in [2.05, 4.69) is 102 Å². The second-order valence-electron chi connectivity index (χ2n) is 25.1. The molecule has 2 aromatic heterocycles. The number of imidazole rings is 1. The number of nitrogens with zero attached hydrogens (tertiary/aromatic N) is 1. The zero-order valence-electron chi connectivity index (χ0n) is 40.9. The van der Waals surface area contributed by atoms with Gasteiger partial charge in [0.05, 0.1) is 24.7 Å². The topological polar surface area (TPSA) is 74.0 Å². The van der Waals surface area contributed by atoms with E-state index >= 15 is 0 Å². The highest BCUT2D eigenvalue weighted by molar-refractivity contribution is 7.19. The molecule has 12 bridgehead atoms. The van der Waals surface area contributed by atoms with E-state index in [-0.39, 0.29) is 22.3 Å². The van der Waals surface area contributed by atoms with Gasteiger partial charge in [-0.3, -0.25) is 0 Å². The lowest BCUT2D eigenvalue weighted by Gasteiger charge is -2.57. The summed E-state index contributed by atoms with van der Waals surface area (Å²) in [7, 11) is 1.75. The minimum absolute atomic E-state index is 0. The maximum Gasteiger partial charge on any atom is 0.121 e. The summed E-state index contributed by atoms with van der Waals surface area (Å²) in [6.07, 6.45) is 30.0. The second-order valence-corrected chi connectivity index (χ2v) is 26.2. The summed E-state index contributed by atoms with van der Waals surface area (Å²) in [4.78, 5) is 9.82. The van der Waals surface area contributed by atoms with Crippen LogP contribution in [0.25, 0.3) is 27.2 Å². The number of ether oxygens (including phenoxy) is 1. The summed E-state index contributed by atoms with van der Waals surface area (Å²) in [5, 5.41) is 13.4. The van der Waals surface area contributed by atoms with Crippen LogP contribution in [-0.4, -0.2) is 40.2 Å². The van der Waals surface area contributed by atoms with Gasteiger partial charge in [-0.25, -0.2) is 4.98 Å². The summed E-state index contributed by atoms with van der Waals surface area (Å²) < 4.78 is 6.83. The monoisotopic (exact) mass is 964 g/mol. The fourth-order valence-corrected chi connectivity index (χ4v) is 19.2. The van der Waals surface area contributed by atoms with Crippen LogP contribution in [0.3, 0.4) is 0 Å². The van der Waals surface area contributed by atoms with Crippen molar-refractivity contribution in [3.8, 4) is 5.75 Å². The number of aryl methyl sites for hydroxylation is 2. The first-order chi connectivity index (χ1) is 32.6. The Balaban J connectivity index is 0.000000119. The Bertz CT molecular complexity index is 2440. The van der Waals surface area contributed by atoms with Crippen LogP contribution in [0.15, 0.2) is 66.2 Å². The second kappa shape index (κ2) is 19.7. The number of nitrogens with one attached hydrogen (secondary N) is 4. The largest absolute Gasteiger partial charge is 0.497 e. The smallest absolute Gasteiger partial charge is 0.121 e. The van der Waals surface area contributed by atoms with Gasteiger partial charge in [0.2, 0.25) is 0 Å². The Morgan fingerprint density at radius 2 is 1.07 bits per heavy atom. The zero-order chi connectivity index (χ0) is 44.9. The van der Waals surface area contributed by atoms with Gasteiger partial charge in [-0.15, -0.1) is 11.3 Å². The van der Waals surface area contributed by atoms with Crippen LogP contribution in [0.2, 0.25) is 0 Å². The number of methoxy groups -OCH3 is 1. The number of hydrogen-bond donors (Lipinski definition) is 4. The van der Waals surface area contributed by atoms with Crippen molar-refractivity contribution >= 4 is 38.5 Å². The van der Waals surface area contributed by atoms with Gasteiger partial charge in [0.15, 0.2) is 0 Å². The Hall–Kier alpha value is -3.49. The maximum atomic E-state index is 5.35. The number of benzene rings is 3. The van der Waals surface area contributed by atoms with Crippen molar-refractivity contribution in [1.82, 2.24) is 25.9 Å². The van der Waals surface area contributed by atoms with Gasteiger partial charge >= 0.3 is 0 Å². The van der Waals surface area contributed by atoms with Gasteiger partial charge in [0.1, 0.15) is 11.6 Å². The number of fused-ring (bicyclic) bond motifs is 3. The Labute approximate surface area is 426 Å². The van der Waals surface area contributed by atoms with Crippen molar-refractivity contribution < 1.29 is 4.74 Å². The minimum Gasteiger partial charge on any atom is -0.497 e. The molecule has 0 saturated heterocycles. The number of para-hydroxylation sites is 1. The van der Waals surface area contributed by atoms with E-state index in [1.807, 2.05) is 11.3 Å². The number of rotatable bonds is 10. The summed E-state index contributed by atoms with van der Waals surface area (Å²) in [6.45, 7) is 7.41. The van der Waals surface area contributed by atoms with Crippen LogP contribution < -0.4 is 20.7 Å².